The van der Waals surface area contributed by atoms with Crippen molar-refractivity contribution >= 4 is 12.0 Å². The first-order valence-corrected chi connectivity index (χ1v) is 9.73. The van der Waals surface area contributed by atoms with E-state index in [2.05, 4.69) is 10.6 Å². The molecule has 0 aromatic heterocycles. The Morgan fingerprint density at radius 2 is 1.93 bits per heavy atom. The van der Waals surface area contributed by atoms with Crippen molar-refractivity contribution in [1.82, 2.24) is 10.6 Å². The molecule has 1 atom stereocenters. The number of ether oxygens (including phenoxy) is 3. The number of hydrogen-bond donors (Lipinski definition) is 2. The van der Waals surface area contributed by atoms with Gasteiger partial charge in [-0.3, -0.25) is 0 Å². The number of nitrogens with one attached hydrogen (secondary N) is 2. The maximum atomic E-state index is 13.0. The van der Waals surface area contributed by atoms with Crippen LogP contribution in [0.2, 0.25) is 0 Å². The van der Waals surface area contributed by atoms with Gasteiger partial charge >= 0.3 is 12.0 Å². The number of benzene rings is 1. The molecule has 3 rings (SSSR count). The van der Waals surface area contributed by atoms with Crippen LogP contribution in [0, 0.1) is 0 Å². The van der Waals surface area contributed by atoms with E-state index in [4.69, 9.17) is 14.2 Å². The molecule has 152 valence electrons. The van der Waals surface area contributed by atoms with Gasteiger partial charge in [-0.1, -0.05) is 12.1 Å². The molecule has 2 aliphatic rings. The molecule has 2 N–H and O–H groups in total. The van der Waals surface area contributed by atoms with E-state index < -0.39 is 12.0 Å². The Hall–Kier alpha value is -2.70. The summed E-state index contributed by atoms with van der Waals surface area (Å²) in [5.74, 6) is 0.631. The lowest BCUT2D eigenvalue weighted by Crippen LogP contribution is -2.45. The van der Waals surface area contributed by atoms with E-state index in [-0.39, 0.29) is 18.2 Å². The van der Waals surface area contributed by atoms with Crippen molar-refractivity contribution < 1.29 is 23.8 Å². The molecule has 1 aromatic carbocycles. The minimum atomic E-state index is -0.688. The molecule has 1 aliphatic carbocycles. The molecule has 1 fully saturated rings. The summed E-state index contributed by atoms with van der Waals surface area (Å²) in [6, 6.07) is 4.36. The molecule has 0 unspecified atom stereocenters. The van der Waals surface area contributed by atoms with Crippen LogP contribution >= 0.6 is 0 Å². The highest BCUT2D eigenvalue weighted by Gasteiger charge is 2.36. The Morgan fingerprint density at radius 3 is 2.57 bits per heavy atom. The third kappa shape index (κ3) is 4.24. The molecule has 1 aliphatic heterocycles. The standard InChI is InChI=1S/C21H28N2O5/c1-12(2)27-19-15(10-7-11-16(19)26-4)18-17(13(3)22-21(25)23-18)20(24)28-14-8-5-6-9-14/h7,10-12,14,18H,5-6,8-9H2,1-4H3,(H2,22,23,25)/t18-/m0/s1. The molecule has 1 saturated carbocycles. The van der Waals surface area contributed by atoms with Crippen molar-refractivity contribution in [2.75, 3.05) is 7.11 Å². The normalized spacial score (nSPS) is 20.0. The fourth-order valence-corrected chi connectivity index (χ4v) is 3.70. The summed E-state index contributed by atoms with van der Waals surface area (Å²) in [6.07, 6.45) is 3.72. The van der Waals surface area contributed by atoms with Gasteiger partial charge in [0, 0.05) is 11.3 Å². The van der Waals surface area contributed by atoms with Crippen molar-refractivity contribution in [2.45, 2.75) is 64.7 Å². The largest absolute Gasteiger partial charge is 0.493 e. The highest BCUT2D eigenvalue weighted by atomic mass is 16.5. The lowest BCUT2D eigenvalue weighted by atomic mass is 9.94. The second kappa shape index (κ2) is 8.54. The van der Waals surface area contributed by atoms with E-state index in [1.807, 2.05) is 26.0 Å². The predicted molar refractivity (Wildman–Crippen MR) is 104 cm³/mol. The van der Waals surface area contributed by atoms with Crippen molar-refractivity contribution in [2.24, 2.45) is 0 Å². The molecule has 7 nitrogen and oxygen atoms in total. The molecule has 0 bridgehead atoms. The summed E-state index contributed by atoms with van der Waals surface area (Å²) in [7, 11) is 1.56. The lowest BCUT2D eigenvalue weighted by molar-refractivity contribution is -0.144. The molecule has 7 heteroatoms. The first-order chi connectivity index (χ1) is 13.4. The van der Waals surface area contributed by atoms with Crippen LogP contribution in [0.3, 0.4) is 0 Å². The van der Waals surface area contributed by atoms with Crippen LogP contribution in [0.5, 0.6) is 11.5 Å². The van der Waals surface area contributed by atoms with E-state index in [1.54, 1.807) is 20.1 Å². The summed E-state index contributed by atoms with van der Waals surface area (Å²) >= 11 is 0. The van der Waals surface area contributed by atoms with E-state index in [0.29, 0.717) is 28.3 Å². The summed E-state index contributed by atoms with van der Waals surface area (Å²) in [5, 5.41) is 5.52. The molecule has 0 saturated heterocycles. The molecule has 0 spiro atoms. The fourth-order valence-electron chi connectivity index (χ4n) is 3.70. The van der Waals surface area contributed by atoms with Gasteiger partial charge < -0.3 is 24.8 Å². The van der Waals surface area contributed by atoms with Crippen molar-refractivity contribution in [3.8, 4) is 11.5 Å². The zero-order valence-corrected chi connectivity index (χ0v) is 16.8. The Labute approximate surface area is 165 Å². The van der Waals surface area contributed by atoms with Gasteiger partial charge in [0.1, 0.15) is 6.10 Å². The lowest BCUT2D eigenvalue weighted by Gasteiger charge is -2.30. The monoisotopic (exact) mass is 388 g/mol. The summed E-state index contributed by atoms with van der Waals surface area (Å²) in [4.78, 5) is 25.2. The quantitative estimate of drug-likeness (QED) is 0.728. The number of rotatable bonds is 6. The third-order valence-corrected chi connectivity index (χ3v) is 4.96. The minimum absolute atomic E-state index is 0.0669. The van der Waals surface area contributed by atoms with Crippen LogP contribution in [-0.2, 0) is 9.53 Å². The van der Waals surface area contributed by atoms with Crippen LogP contribution in [0.4, 0.5) is 4.79 Å². The van der Waals surface area contributed by atoms with Crippen LogP contribution in [0.1, 0.15) is 58.1 Å². The highest BCUT2D eigenvalue weighted by molar-refractivity contribution is 5.95. The Bertz CT molecular complexity index is 781. The molecular weight excluding hydrogens is 360 g/mol. The zero-order valence-electron chi connectivity index (χ0n) is 16.8. The number of hydrogen-bond acceptors (Lipinski definition) is 5. The van der Waals surface area contributed by atoms with Gasteiger partial charge in [0.25, 0.3) is 0 Å². The van der Waals surface area contributed by atoms with Crippen LogP contribution < -0.4 is 20.1 Å². The molecule has 0 radical (unpaired) electrons. The predicted octanol–water partition coefficient (Wildman–Crippen LogP) is 3.60. The number of carbonyl (C=O) groups is 2. The van der Waals surface area contributed by atoms with E-state index in [1.165, 1.54) is 0 Å². The number of para-hydroxylation sites is 1. The van der Waals surface area contributed by atoms with Crippen molar-refractivity contribution in [3.63, 3.8) is 0 Å². The summed E-state index contributed by atoms with van der Waals surface area (Å²) in [5.41, 5.74) is 1.52. The maximum Gasteiger partial charge on any atom is 0.338 e. The van der Waals surface area contributed by atoms with E-state index >= 15 is 0 Å². The SMILES string of the molecule is COc1cccc([C@@H]2NC(=O)NC(C)=C2C(=O)OC2CCCC2)c1OC(C)C. The van der Waals surface area contributed by atoms with Gasteiger partial charge in [-0.15, -0.1) is 0 Å². The number of allylic oxidation sites excluding steroid dienone is 1. The van der Waals surface area contributed by atoms with Gasteiger partial charge in [-0.25, -0.2) is 9.59 Å². The minimum Gasteiger partial charge on any atom is -0.493 e. The number of urea groups is 1. The second-order valence-electron chi connectivity index (χ2n) is 7.43. The van der Waals surface area contributed by atoms with Crippen molar-refractivity contribution in [1.29, 1.82) is 0 Å². The highest BCUT2D eigenvalue weighted by Crippen LogP contribution is 2.40. The Kier molecular flexibility index (Phi) is 6.11. The second-order valence-corrected chi connectivity index (χ2v) is 7.43. The number of carbonyl (C=O) groups excluding carboxylic acids is 2. The Balaban J connectivity index is 2.01. The first-order valence-electron chi connectivity index (χ1n) is 9.73. The average Bonchev–Trinajstić information content (AvgIpc) is 3.13. The van der Waals surface area contributed by atoms with Gasteiger partial charge in [0.15, 0.2) is 11.5 Å². The number of esters is 1. The van der Waals surface area contributed by atoms with Gasteiger partial charge in [-0.05, 0) is 52.5 Å². The average molecular weight is 388 g/mol. The van der Waals surface area contributed by atoms with Gasteiger partial charge in [0.05, 0.1) is 24.8 Å². The van der Waals surface area contributed by atoms with E-state index in [0.717, 1.165) is 25.7 Å². The third-order valence-electron chi connectivity index (χ3n) is 4.96. The van der Waals surface area contributed by atoms with Crippen LogP contribution in [0.15, 0.2) is 29.5 Å². The van der Waals surface area contributed by atoms with Gasteiger partial charge in [-0.2, -0.15) is 0 Å². The smallest absolute Gasteiger partial charge is 0.338 e. The topological polar surface area (TPSA) is 85.9 Å². The zero-order chi connectivity index (χ0) is 20.3. The first kappa shape index (κ1) is 20.0. The summed E-state index contributed by atoms with van der Waals surface area (Å²) < 4.78 is 17.2. The van der Waals surface area contributed by atoms with E-state index in [9.17, 15) is 9.59 Å². The molecule has 28 heavy (non-hydrogen) atoms. The maximum absolute atomic E-state index is 13.0. The summed E-state index contributed by atoms with van der Waals surface area (Å²) in [6.45, 7) is 5.53. The molecular formula is C21H28N2O5. The van der Waals surface area contributed by atoms with Crippen LogP contribution in [-0.4, -0.2) is 31.3 Å². The fraction of sp³-hybridized carbons (Fsp3) is 0.524. The molecule has 2 amide bonds. The van der Waals surface area contributed by atoms with Crippen LogP contribution in [0.25, 0.3) is 0 Å². The Morgan fingerprint density at radius 1 is 1.21 bits per heavy atom. The van der Waals surface area contributed by atoms with Crippen molar-refractivity contribution in [3.05, 3.63) is 35.0 Å². The number of methoxy groups -OCH3 is 1. The number of amides is 2. The molecule has 1 aromatic rings. The van der Waals surface area contributed by atoms with Gasteiger partial charge in [0.2, 0.25) is 0 Å². The molecule has 1 heterocycles.